The van der Waals surface area contributed by atoms with E-state index in [1.807, 2.05) is 13.8 Å². The fourth-order valence-electron chi connectivity index (χ4n) is 2.88. The van der Waals surface area contributed by atoms with E-state index in [0.29, 0.717) is 24.2 Å². The fraction of sp³-hybridized carbons (Fsp3) is 0.455. The van der Waals surface area contributed by atoms with Crippen molar-refractivity contribution in [3.63, 3.8) is 0 Å². The molecule has 27 heavy (non-hydrogen) atoms. The molecule has 1 aromatic rings. The number of hydrogen-bond donors (Lipinski definition) is 2. The van der Waals surface area contributed by atoms with E-state index >= 15 is 0 Å². The highest BCUT2D eigenvalue weighted by molar-refractivity contribution is 5.91. The standard InChI is InChI=1S/C22H30O5/c1-15(7-6-8-17(3)23)11-20(25)14-22(4,26)10-9-18-13-19(24)12-16(2)21(18)27-5/h9-13,24,26H,6-8,14H2,1-5H3/b10-9+,15-11-/t22-/m1/s1. The van der Waals surface area contributed by atoms with Gasteiger partial charge in [-0.3, -0.25) is 4.79 Å². The second-order valence-electron chi connectivity index (χ2n) is 7.26. The Morgan fingerprint density at radius 2 is 1.89 bits per heavy atom. The molecular formula is C22H30O5. The molecule has 1 aromatic carbocycles. The summed E-state index contributed by atoms with van der Waals surface area (Å²) in [5, 5.41) is 20.3. The summed E-state index contributed by atoms with van der Waals surface area (Å²) in [6.07, 6.45) is 6.55. The van der Waals surface area contributed by atoms with Gasteiger partial charge in [0, 0.05) is 18.4 Å². The topological polar surface area (TPSA) is 83.8 Å². The van der Waals surface area contributed by atoms with Crippen molar-refractivity contribution in [2.24, 2.45) is 0 Å². The number of rotatable bonds is 10. The van der Waals surface area contributed by atoms with E-state index in [0.717, 1.165) is 17.6 Å². The predicted octanol–water partition coefficient (Wildman–Crippen LogP) is 4.14. The summed E-state index contributed by atoms with van der Waals surface area (Å²) < 4.78 is 5.34. The van der Waals surface area contributed by atoms with Crippen molar-refractivity contribution in [2.75, 3.05) is 7.11 Å². The minimum absolute atomic E-state index is 0.0618. The molecule has 0 unspecified atom stereocenters. The van der Waals surface area contributed by atoms with Crippen molar-refractivity contribution in [2.45, 2.75) is 59.0 Å². The number of aromatic hydroxyl groups is 1. The molecule has 0 aliphatic heterocycles. The van der Waals surface area contributed by atoms with E-state index in [2.05, 4.69) is 0 Å². The summed E-state index contributed by atoms with van der Waals surface area (Å²) >= 11 is 0. The summed E-state index contributed by atoms with van der Waals surface area (Å²) in [5.41, 5.74) is 0.958. The molecule has 0 radical (unpaired) electrons. The lowest BCUT2D eigenvalue weighted by Gasteiger charge is -2.18. The largest absolute Gasteiger partial charge is 0.508 e. The van der Waals surface area contributed by atoms with Crippen molar-refractivity contribution < 1.29 is 24.5 Å². The minimum atomic E-state index is -1.34. The van der Waals surface area contributed by atoms with Gasteiger partial charge in [0.15, 0.2) is 5.78 Å². The zero-order valence-corrected chi connectivity index (χ0v) is 16.8. The van der Waals surface area contributed by atoms with E-state index in [1.165, 1.54) is 19.3 Å². The number of phenols is 1. The Morgan fingerprint density at radius 3 is 2.48 bits per heavy atom. The predicted molar refractivity (Wildman–Crippen MR) is 107 cm³/mol. The summed E-state index contributed by atoms with van der Waals surface area (Å²) in [5.74, 6) is 0.670. The first-order chi connectivity index (χ1) is 12.5. The van der Waals surface area contributed by atoms with Crippen LogP contribution in [0.25, 0.3) is 6.08 Å². The molecule has 1 rings (SSSR count). The van der Waals surface area contributed by atoms with E-state index < -0.39 is 5.60 Å². The quantitative estimate of drug-likeness (QED) is 0.601. The molecule has 1 atom stereocenters. The SMILES string of the molecule is COc1c(C)cc(O)cc1/C=C/[C@@](C)(O)CC(=O)/C=C(/C)CCCC(C)=O. The van der Waals surface area contributed by atoms with Gasteiger partial charge >= 0.3 is 0 Å². The molecular weight excluding hydrogens is 344 g/mol. The highest BCUT2D eigenvalue weighted by Gasteiger charge is 2.20. The maximum absolute atomic E-state index is 12.2. The summed E-state index contributed by atoms with van der Waals surface area (Å²) in [6, 6.07) is 3.14. The van der Waals surface area contributed by atoms with Crippen LogP contribution in [0.4, 0.5) is 0 Å². The van der Waals surface area contributed by atoms with Crippen LogP contribution in [-0.2, 0) is 9.59 Å². The Labute approximate surface area is 161 Å². The average Bonchev–Trinajstić information content (AvgIpc) is 2.51. The molecule has 0 bridgehead atoms. The molecule has 0 fully saturated rings. The maximum atomic E-state index is 12.2. The maximum Gasteiger partial charge on any atom is 0.158 e. The van der Waals surface area contributed by atoms with Crippen molar-refractivity contribution >= 4 is 17.6 Å². The van der Waals surface area contributed by atoms with Gasteiger partial charge in [-0.05, 0) is 64.3 Å². The van der Waals surface area contributed by atoms with Gasteiger partial charge in [-0.2, -0.15) is 0 Å². The number of methoxy groups -OCH3 is 1. The summed E-state index contributed by atoms with van der Waals surface area (Å²) in [4.78, 5) is 23.2. The van der Waals surface area contributed by atoms with Crippen LogP contribution >= 0.6 is 0 Å². The number of phenolic OH excluding ortho intramolecular Hbond substituents is 1. The number of hydrogen-bond acceptors (Lipinski definition) is 5. The molecule has 5 nitrogen and oxygen atoms in total. The Morgan fingerprint density at radius 1 is 1.22 bits per heavy atom. The van der Waals surface area contributed by atoms with Crippen LogP contribution in [0.1, 0.15) is 57.6 Å². The van der Waals surface area contributed by atoms with Crippen LogP contribution < -0.4 is 4.74 Å². The summed E-state index contributed by atoms with van der Waals surface area (Å²) in [6.45, 7) is 6.78. The number of allylic oxidation sites excluding steroid dienone is 2. The molecule has 0 amide bonds. The molecule has 0 saturated carbocycles. The highest BCUT2D eigenvalue weighted by Crippen LogP contribution is 2.30. The van der Waals surface area contributed by atoms with Gasteiger partial charge in [-0.25, -0.2) is 0 Å². The van der Waals surface area contributed by atoms with Gasteiger partial charge in [0.25, 0.3) is 0 Å². The number of aryl methyl sites for hydroxylation is 1. The molecule has 148 valence electrons. The molecule has 2 N–H and O–H groups in total. The first-order valence-electron chi connectivity index (χ1n) is 9.02. The van der Waals surface area contributed by atoms with Gasteiger partial charge in [-0.1, -0.05) is 17.7 Å². The highest BCUT2D eigenvalue weighted by atomic mass is 16.5. The van der Waals surface area contributed by atoms with Crippen LogP contribution in [0.3, 0.4) is 0 Å². The van der Waals surface area contributed by atoms with Crippen LogP contribution in [0.5, 0.6) is 11.5 Å². The molecule has 0 heterocycles. The number of aliphatic hydroxyl groups is 1. The third-order valence-corrected chi connectivity index (χ3v) is 4.15. The monoisotopic (exact) mass is 374 g/mol. The van der Waals surface area contributed by atoms with Crippen LogP contribution in [0.2, 0.25) is 0 Å². The lowest BCUT2D eigenvalue weighted by molar-refractivity contribution is -0.118. The van der Waals surface area contributed by atoms with E-state index in [1.54, 1.807) is 32.1 Å². The smallest absolute Gasteiger partial charge is 0.158 e. The number of benzene rings is 1. The molecule has 0 aliphatic carbocycles. The van der Waals surface area contributed by atoms with Gasteiger partial charge in [-0.15, -0.1) is 0 Å². The second kappa shape index (κ2) is 10.1. The van der Waals surface area contributed by atoms with Crippen LogP contribution in [0.15, 0.2) is 29.9 Å². The Kier molecular flexibility index (Phi) is 8.44. The van der Waals surface area contributed by atoms with Gasteiger partial charge in [0.2, 0.25) is 0 Å². The lowest BCUT2D eigenvalue weighted by atomic mass is 9.95. The first-order valence-corrected chi connectivity index (χ1v) is 9.02. The van der Waals surface area contributed by atoms with Crippen molar-refractivity contribution in [3.05, 3.63) is 41.0 Å². The Hall–Kier alpha value is -2.40. The third-order valence-electron chi connectivity index (χ3n) is 4.15. The fourth-order valence-corrected chi connectivity index (χ4v) is 2.88. The van der Waals surface area contributed by atoms with Crippen molar-refractivity contribution in [1.29, 1.82) is 0 Å². The normalized spacial score (nSPS) is 14.2. The number of ether oxygens (including phenoxy) is 1. The number of Topliss-reactive ketones (excluding diaryl/α,β-unsaturated/α-hetero) is 1. The van der Waals surface area contributed by atoms with Crippen LogP contribution in [-0.4, -0.2) is 34.5 Å². The Bertz CT molecular complexity index is 741. The van der Waals surface area contributed by atoms with Gasteiger partial charge < -0.3 is 19.7 Å². The third kappa shape index (κ3) is 8.22. The minimum Gasteiger partial charge on any atom is -0.508 e. The zero-order chi connectivity index (χ0) is 20.6. The number of ketones is 2. The Balaban J connectivity index is 2.79. The summed E-state index contributed by atoms with van der Waals surface area (Å²) in [7, 11) is 1.54. The average molecular weight is 374 g/mol. The van der Waals surface area contributed by atoms with Crippen LogP contribution in [0, 0.1) is 6.92 Å². The van der Waals surface area contributed by atoms with Gasteiger partial charge in [0.1, 0.15) is 17.3 Å². The molecule has 0 aliphatic rings. The molecule has 0 saturated heterocycles. The zero-order valence-electron chi connectivity index (χ0n) is 16.8. The van der Waals surface area contributed by atoms with E-state index in [9.17, 15) is 19.8 Å². The number of carbonyl (C=O) groups excluding carboxylic acids is 2. The lowest BCUT2D eigenvalue weighted by Crippen LogP contribution is -2.24. The molecule has 5 heteroatoms. The van der Waals surface area contributed by atoms with Crippen molar-refractivity contribution in [3.8, 4) is 11.5 Å². The van der Waals surface area contributed by atoms with Crippen molar-refractivity contribution in [1.82, 2.24) is 0 Å². The molecule has 0 spiro atoms. The first kappa shape index (κ1) is 22.6. The van der Waals surface area contributed by atoms with Gasteiger partial charge in [0.05, 0.1) is 12.7 Å². The van der Waals surface area contributed by atoms with E-state index in [-0.39, 0.29) is 23.7 Å². The molecule has 0 aromatic heterocycles. The van der Waals surface area contributed by atoms with E-state index in [4.69, 9.17) is 4.74 Å². The number of carbonyl (C=O) groups is 2. The second-order valence-corrected chi connectivity index (χ2v) is 7.26.